The Morgan fingerprint density at radius 1 is 0.963 bits per heavy atom. The Balaban J connectivity index is 1.76. The van der Waals surface area contributed by atoms with Gasteiger partial charge in [0.1, 0.15) is 5.82 Å². The number of nitrogens with zero attached hydrogens (tertiary/aromatic N) is 1. The smallest absolute Gasteiger partial charge is 0.270 e. The normalized spacial score (nSPS) is 21.3. The van der Waals surface area contributed by atoms with Crippen LogP contribution in [0.5, 0.6) is 0 Å². The van der Waals surface area contributed by atoms with E-state index in [9.17, 15) is 18.4 Å². The van der Waals surface area contributed by atoms with E-state index in [1.54, 1.807) is 4.68 Å². The van der Waals surface area contributed by atoms with E-state index < -0.39 is 17.6 Å². The molecule has 0 spiro atoms. The highest BCUT2D eigenvalue weighted by Gasteiger charge is 2.34. The molecule has 144 valence electrons. The maximum Gasteiger partial charge on any atom is 0.270 e. The second-order valence-electron chi connectivity index (χ2n) is 7.55. The number of carbonyl (C=O) groups excluding carboxylic acids is 1. The summed E-state index contributed by atoms with van der Waals surface area (Å²) in [6.45, 7) is 0. The molecule has 1 aromatic carbocycles. The van der Waals surface area contributed by atoms with Gasteiger partial charge in [0.2, 0.25) is 5.91 Å². The Labute approximate surface area is 155 Å². The second kappa shape index (κ2) is 7.29. The number of fused-ring (bicyclic) bond motifs is 1. The van der Waals surface area contributed by atoms with Crippen molar-refractivity contribution in [3.63, 3.8) is 0 Å². The standard InChI is InChI=1S/C20H23F2N3O2/c21-15-9-8-12(10-16(15)22)14-11-17(26)23-19-18(14)20(27)24-25(19)13-6-4-2-1-3-5-7-13/h8-10,13-14H,1-7,11H2,(H,23,26)(H,24,27)/t14-/m0/s1. The molecular formula is C20H23F2N3O2. The molecule has 0 saturated heterocycles. The van der Waals surface area contributed by atoms with Gasteiger partial charge >= 0.3 is 0 Å². The average molecular weight is 375 g/mol. The highest BCUT2D eigenvalue weighted by Crippen LogP contribution is 2.38. The fraction of sp³-hybridized carbons (Fsp3) is 0.500. The number of hydrogen-bond acceptors (Lipinski definition) is 2. The SMILES string of the molecule is O=C1C[C@@H](c2ccc(F)c(F)c2)c2c(n(C3CCCCCCC3)[nH]c2=O)N1. The minimum atomic E-state index is -0.976. The predicted octanol–water partition coefficient (Wildman–Crippen LogP) is 4.21. The summed E-state index contributed by atoms with van der Waals surface area (Å²) in [5.41, 5.74) is 0.593. The fourth-order valence-electron chi connectivity index (χ4n) is 4.36. The number of carbonyl (C=O) groups is 1. The molecule has 1 aliphatic heterocycles. The summed E-state index contributed by atoms with van der Waals surface area (Å²) in [6, 6.07) is 3.69. The Hall–Kier alpha value is -2.44. The summed E-state index contributed by atoms with van der Waals surface area (Å²) in [4.78, 5) is 25.0. The first kappa shape index (κ1) is 17.9. The van der Waals surface area contributed by atoms with Crippen molar-refractivity contribution in [2.75, 3.05) is 5.32 Å². The van der Waals surface area contributed by atoms with E-state index >= 15 is 0 Å². The van der Waals surface area contributed by atoms with Crippen LogP contribution in [0.1, 0.15) is 74.5 Å². The largest absolute Gasteiger partial charge is 0.311 e. The zero-order valence-corrected chi connectivity index (χ0v) is 15.1. The number of rotatable bonds is 2. The molecule has 2 heterocycles. The number of H-pyrrole nitrogens is 1. The van der Waals surface area contributed by atoms with Crippen molar-refractivity contribution in [1.29, 1.82) is 0 Å². The van der Waals surface area contributed by atoms with Gasteiger partial charge in [0.15, 0.2) is 11.6 Å². The molecule has 1 amide bonds. The molecule has 2 aromatic rings. The number of aromatic amines is 1. The third-order valence-electron chi connectivity index (χ3n) is 5.74. The van der Waals surface area contributed by atoms with Crippen LogP contribution in [0.15, 0.2) is 23.0 Å². The maximum atomic E-state index is 13.7. The molecule has 1 aliphatic carbocycles. The molecule has 1 saturated carbocycles. The van der Waals surface area contributed by atoms with Gasteiger partial charge in [-0.15, -0.1) is 0 Å². The molecule has 0 bridgehead atoms. The average Bonchev–Trinajstić information content (AvgIpc) is 2.93. The molecule has 1 aromatic heterocycles. The van der Waals surface area contributed by atoms with E-state index in [1.807, 2.05) is 0 Å². The molecule has 0 radical (unpaired) electrons. The van der Waals surface area contributed by atoms with E-state index in [1.165, 1.54) is 25.3 Å². The maximum absolute atomic E-state index is 13.7. The summed E-state index contributed by atoms with van der Waals surface area (Å²) < 4.78 is 28.8. The monoisotopic (exact) mass is 375 g/mol. The number of nitrogens with one attached hydrogen (secondary N) is 2. The highest BCUT2D eigenvalue weighted by molar-refractivity contribution is 5.94. The number of hydrogen-bond donors (Lipinski definition) is 2. The Bertz CT molecular complexity index is 910. The minimum absolute atomic E-state index is 0.0375. The van der Waals surface area contributed by atoms with Crippen LogP contribution in [-0.2, 0) is 4.79 Å². The molecular weight excluding hydrogens is 352 g/mol. The summed E-state index contributed by atoms with van der Waals surface area (Å²) in [6.07, 6.45) is 7.69. The Morgan fingerprint density at radius 2 is 1.67 bits per heavy atom. The van der Waals surface area contributed by atoms with E-state index in [4.69, 9.17) is 0 Å². The van der Waals surface area contributed by atoms with Gasteiger partial charge in [-0.1, -0.05) is 38.2 Å². The van der Waals surface area contributed by atoms with Crippen LogP contribution in [0.2, 0.25) is 0 Å². The summed E-state index contributed by atoms with van der Waals surface area (Å²) in [5.74, 6) is -2.24. The van der Waals surface area contributed by atoms with Crippen LogP contribution in [-0.4, -0.2) is 15.7 Å². The van der Waals surface area contributed by atoms with E-state index in [0.717, 1.165) is 37.8 Å². The topological polar surface area (TPSA) is 66.9 Å². The second-order valence-corrected chi connectivity index (χ2v) is 7.55. The molecule has 2 N–H and O–H groups in total. The summed E-state index contributed by atoms with van der Waals surface area (Å²) in [5, 5.41) is 5.73. The van der Waals surface area contributed by atoms with Crippen LogP contribution in [0.4, 0.5) is 14.6 Å². The lowest BCUT2D eigenvalue weighted by Crippen LogP contribution is -2.27. The third-order valence-corrected chi connectivity index (χ3v) is 5.74. The zero-order valence-electron chi connectivity index (χ0n) is 15.1. The van der Waals surface area contributed by atoms with Crippen LogP contribution in [0.25, 0.3) is 0 Å². The number of halogens is 2. The molecule has 0 unspecified atom stereocenters. The third kappa shape index (κ3) is 3.42. The lowest BCUT2D eigenvalue weighted by molar-refractivity contribution is -0.116. The molecule has 1 atom stereocenters. The number of amides is 1. The first-order valence-corrected chi connectivity index (χ1v) is 9.64. The van der Waals surface area contributed by atoms with E-state index in [0.29, 0.717) is 16.9 Å². The predicted molar refractivity (Wildman–Crippen MR) is 97.9 cm³/mol. The van der Waals surface area contributed by atoms with Crippen molar-refractivity contribution in [1.82, 2.24) is 9.78 Å². The zero-order chi connectivity index (χ0) is 19.0. The van der Waals surface area contributed by atoms with Gasteiger partial charge in [-0.3, -0.25) is 19.4 Å². The van der Waals surface area contributed by atoms with Gasteiger partial charge in [-0.05, 0) is 30.5 Å². The Kier molecular flexibility index (Phi) is 4.85. The molecule has 2 aliphatic rings. The van der Waals surface area contributed by atoms with Crippen molar-refractivity contribution in [2.24, 2.45) is 0 Å². The van der Waals surface area contributed by atoms with Gasteiger partial charge in [-0.2, -0.15) is 0 Å². The number of anilines is 1. The van der Waals surface area contributed by atoms with E-state index in [2.05, 4.69) is 10.4 Å². The minimum Gasteiger partial charge on any atom is -0.311 e. The first-order chi connectivity index (χ1) is 13.0. The van der Waals surface area contributed by atoms with Crippen molar-refractivity contribution in [3.8, 4) is 0 Å². The van der Waals surface area contributed by atoms with Crippen molar-refractivity contribution < 1.29 is 13.6 Å². The fourth-order valence-corrected chi connectivity index (χ4v) is 4.36. The van der Waals surface area contributed by atoms with Gasteiger partial charge in [-0.25, -0.2) is 8.78 Å². The van der Waals surface area contributed by atoms with Crippen LogP contribution >= 0.6 is 0 Å². The molecule has 4 rings (SSSR count). The van der Waals surface area contributed by atoms with Gasteiger partial charge < -0.3 is 5.32 Å². The van der Waals surface area contributed by atoms with Crippen molar-refractivity contribution >= 4 is 11.7 Å². The summed E-state index contributed by atoms with van der Waals surface area (Å²) in [7, 11) is 0. The van der Waals surface area contributed by atoms with Gasteiger partial charge in [0.25, 0.3) is 5.56 Å². The lowest BCUT2D eigenvalue weighted by Gasteiger charge is -2.27. The van der Waals surface area contributed by atoms with Crippen molar-refractivity contribution in [2.45, 2.75) is 63.3 Å². The summed E-state index contributed by atoms with van der Waals surface area (Å²) >= 11 is 0. The van der Waals surface area contributed by atoms with Gasteiger partial charge in [0.05, 0.1) is 11.6 Å². The molecule has 27 heavy (non-hydrogen) atoms. The Morgan fingerprint density at radius 3 is 2.37 bits per heavy atom. The van der Waals surface area contributed by atoms with Crippen LogP contribution < -0.4 is 10.9 Å². The highest BCUT2D eigenvalue weighted by atomic mass is 19.2. The number of benzene rings is 1. The van der Waals surface area contributed by atoms with Crippen molar-refractivity contribution in [3.05, 3.63) is 51.3 Å². The molecule has 5 nitrogen and oxygen atoms in total. The first-order valence-electron chi connectivity index (χ1n) is 9.64. The van der Waals surface area contributed by atoms with Gasteiger partial charge in [0, 0.05) is 12.3 Å². The van der Waals surface area contributed by atoms with Crippen LogP contribution in [0, 0.1) is 11.6 Å². The van der Waals surface area contributed by atoms with E-state index in [-0.39, 0.29) is 23.9 Å². The number of aromatic nitrogens is 2. The van der Waals surface area contributed by atoms with Crippen LogP contribution in [0.3, 0.4) is 0 Å². The quantitative estimate of drug-likeness (QED) is 0.826. The molecule has 1 fully saturated rings. The lowest BCUT2D eigenvalue weighted by atomic mass is 9.87. The molecule has 7 heteroatoms.